The van der Waals surface area contributed by atoms with Crippen LogP contribution in [0, 0.1) is 0 Å². The summed E-state index contributed by atoms with van der Waals surface area (Å²) in [7, 11) is 0. The Bertz CT molecular complexity index is 1150. The van der Waals surface area contributed by atoms with E-state index in [0.29, 0.717) is 5.56 Å². The lowest BCUT2D eigenvalue weighted by atomic mass is 10.0. The van der Waals surface area contributed by atoms with Crippen molar-refractivity contribution in [2.24, 2.45) is 0 Å². The van der Waals surface area contributed by atoms with Crippen LogP contribution in [0.4, 0.5) is 5.82 Å². The Morgan fingerprint density at radius 3 is 2.70 bits per heavy atom. The second kappa shape index (κ2) is 6.55. The highest BCUT2D eigenvalue weighted by Gasteiger charge is 2.25. The van der Waals surface area contributed by atoms with Gasteiger partial charge in [0.25, 0.3) is 5.91 Å². The summed E-state index contributed by atoms with van der Waals surface area (Å²) in [6.07, 6.45) is 3.46. The minimum Gasteiger partial charge on any atom is -0.306 e. The molecule has 0 spiro atoms. The first-order valence-electron chi connectivity index (χ1n) is 8.69. The van der Waals surface area contributed by atoms with Crippen molar-refractivity contribution in [1.82, 2.24) is 14.8 Å². The van der Waals surface area contributed by atoms with Gasteiger partial charge in [0.2, 0.25) is 0 Å². The van der Waals surface area contributed by atoms with Crippen LogP contribution in [0.1, 0.15) is 21.6 Å². The molecule has 5 rings (SSSR count). The number of nitrogens with zero attached hydrogens (tertiary/aromatic N) is 3. The molecule has 0 radical (unpaired) electrons. The number of fused-ring (bicyclic) bond motifs is 2. The lowest BCUT2D eigenvalue weighted by Crippen LogP contribution is -2.16. The third kappa shape index (κ3) is 2.78. The summed E-state index contributed by atoms with van der Waals surface area (Å²) < 4.78 is 1.81. The Morgan fingerprint density at radius 2 is 1.81 bits per heavy atom. The summed E-state index contributed by atoms with van der Waals surface area (Å²) in [6, 6.07) is 17.5. The fourth-order valence-electron chi connectivity index (χ4n) is 3.41. The van der Waals surface area contributed by atoms with E-state index in [2.05, 4.69) is 10.3 Å². The third-order valence-corrected chi connectivity index (χ3v) is 5.70. The molecule has 0 aliphatic carbocycles. The molecule has 1 aliphatic rings. The largest absolute Gasteiger partial charge is 0.306 e. The standard InChI is InChI=1S/C21H16N4OS/c26-21(17-7-3-5-14-4-1-2-6-16(14)17)23-20-18-12-27-13-19(18)24-25(20)15-8-10-22-11-9-15/h1-11H,12-13H2,(H,23,26). The van der Waals surface area contributed by atoms with E-state index >= 15 is 0 Å². The van der Waals surface area contributed by atoms with Crippen molar-refractivity contribution in [1.29, 1.82) is 0 Å². The van der Waals surface area contributed by atoms with Crippen LogP contribution < -0.4 is 5.32 Å². The van der Waals surface area contributed by atoms with Crippen LogP contribution in [-0.2, 0) is 11.5 Å². The van der Waals surface area contributed by atoms with Gasteiger partial charge in [0.05, 0.1) is 11.4 Å². The maximum Gasteiger partial charge on any atom is 0.257 e. The van der Waals surface area contributed by atoms with E-state index in [1.807, 2.05) is 71.0 Å². The molecule has 2 aromatic carbocycles. The molecule has 2 aromatic heterocycles. The molecule has 1 N–H and O–H groups in total. The monoisotopic (exact) mass is 372 g/mol. The van der Waals surface area contributed by atoms with Gasteiger partial charge in [0, 0.05) is 35.0 Å². The zero-order valence-electron chi connectivity index (χ0n) is 14.4. The van der Waals surface area contributed by atoms with Crippen LogP contribution in [-0.4, -0.2) is 20.7 Å². The number of rotatable bonds is 3. The molecule has 132 valence electrons. The van der Waals surface area contributed by atoms with Crippen LogP contribution in [0.15, 0.2) is 67.0 Å². The van der Waals surface area contributed by atoms with Crippen LogP contribution in [0.5, 0.6) is 0 Å². The maximum absolute atomic E-state index is 13.1. The molecule has 0 atom stereocenters. The lowest BCUT2D eigenvalue weighted by Gasteiger charge is -2.12. The summed E-state index contributed by atoms with van der Waals surface area (Å²) in [4.78, 5) is 17.2. The first-order chi connectivity index (χ1) is 13.3. The van der Waals surface area contributed by atoms with Gasteiger partial charge in [-0.15, -0.1) is 0 Å². The van der Waals surface area contributed by atoms with E-state index in [9.17, 15) is 4.79 Å². The fraction of sp³-hybridized carbons (Fsp3) is 0.0952. The van der Waals surface area contributed by atoms with Gasteiger partial charge in [-0.3, -0.25) is 9.78 Å². The first-order valence-corrected chi connectivity index (χ1v) is 9.85. The van der Waals surface area contributed by atoms with Crippen molar-refractivity contribution in [3.05, 3.63) is 83.8 Å². The van der Waals surface area contributed by atoms with Gasteiger partial charge in [-0.25, -0.2) is 4.68 Å². The smallest absolute Gasteiger partial charge is 0.257 e. The van der Waals surface area contributed by atoms with Gasteiger partial charge >= 0.3 is 0 Å². The number of aromatic nitrogens is 3. The summed E-state index contributed by atoms with van der Waals surface area (Å²) in [5.41, 5.74) is 3.68. The van der Waals surface area contributed by atoms with Gasteiger partial charge < -0.3 is 5.32 Å². The predicted molar refractivity (Wildman–Crippen MR) is 108 cm³/mol. The molecular formula is C21H16N4OS. The molecule has 1 amide bonds. The number of hydrogen-bond acceptors (Lipinski definition) is 4. The van der Waals surface area contributed by atoms with Crippen LogP contribution in [0.3, 0.4) is 0 Å². The number of nitrogens with one attached hydrogen (secondary N) is 1. The van der Waals surface area contributed by atoms with Gasteiger partial charge in [-0.1, -0.05) is 36.4 Å². The Labute approximate surface area is 160 Å². The molecule has 0 saturated carbocycles. The highest BCUT2D eigenvalue weighted by atomic mass is 32.2. The SMILES string of the molecule is O=C(Nc1c2c(nn1-c1ccncc1)CSC2)c1cccc2ccccc12. The van der Waals surface area contributed by atoms with Crippen molar-refractivity contribution in [2.45, 2.75) is 11.5 Å². The Hall–Kier alpha value is -3.12. The van der Waals surface area contributed by atoms with Crippen molar-refractivity contribution >= 4 is 34.3 Å². The summed E-state index contributed by atoms with van der Waals surface area (Å²) >= 11 is 1.81. The quantitative estimate of drug-likeness (QED) is 0.578. The normalized spacial score (nSPS) is 12.9. The van der Waals surface area contributed by atoms with E-state index in [4.69, 9.17) is 5.10 Å². The number of carbonyl (C=O) groups is 1. The van der Waals surface area contributed by atoms with Crippen molar-refractivity contribution in [3.63, 3.8) is 0 Å². The molecule has 5 nitrogen and oxygen atoms in total. The molecule has 6 heteroatoms. The summed E-state index contributed by atoms with van der Waals surface area (Å²) in [5.74, 6) is 2.34. The van der Waals surface area contributed by atoms with Crippen molar-refractivity contribution < 1.29 is 4.79 Å². The van der Waals surface area contributed by atoms with E-state index in [0.717, 1.165) is 45.0 Å². The van der Waals surface area contributed by atoms with Crippen molar-refractivity contribution in [3.8, 4) is 5.69 Å². The number of hydrogen-bond donors (Lipinski definition) is 1. The minimum atomic E-state index is -0.123. The van der Waals surface area contributed by atoms with Gasteiger partial charge in [0.15, 0.2) is 0 Å². The summed E-state index contributed by atoms with van der Waals surface area (Å²) in [6.45, 7) is 0. The molecule has 3 heterocycles. The molecule has 0 saturated heterocycles. The molecule has 1 aliphatic heterocycles. The van der Waals surface area contributed by atoms with Gasteiger partial charge in [-0.05, 0) is 29.0 Å². The number of amides is 1. The number of benzene rings is 2. The van der Waals surface area contributed by atoms with Crippen molar-refractivity contribution in [2.75, 3.05) is 5.32 Å². The van der Waals surface area contributed by atoms with Crippen LogP contribution in [0.25, 0.3) is 16.5 Å². The average Bonchev–Trinajstić information content (AvgIpc) is 3.31. The predicted octanol–water partition coefficient (Wildman–Crippen LogP) is 4.42. The van der Waals surface area contributed by atoms with E-state index < -0.39 is 0 Å². The first kappa shape index (κ1) is 16.1. The van der Waals surface area contributed by atoms with Crippen LogP contribution >= 0.6 is 11.8 Å². The Morgan fingerprint density at radius 1 is 1.00 bits per heavy atom. The minimum absolute atomic E-state index is 0.123. The third-order valence-electron chi connectivity index (χ3n) is 4.73. The number of anilines is 1. The molecular weight excluding hydrogens is 356 g/mol. The fourth-order valence-corrected chi connectivity index (χ4v) is 4.45. The average molecular weight is 372 g/mol. The molecule has 0 fully saturated rings. The zero-order chi connectivity index (χ0) is 18.2. The molecule has 0 unspecified atom stereocenters. The molecule has 27 heavy (non-hydrogen) atoms. The summed E-state index contributed by atoms with van der Waals surface area (Å²) in [5, 5.41) is 9.84. The lowest BCUT2D eigenvalue weighted by molar-refractivity contribution is 0.102. The van der Waals surface area contributed by atoms with E-state index in [1.165, 1.54) is 0 Å². The highest BCUT2D eigenvalue weighted by molar-refractivity contribution is 7.98. The Kier molecular flexibility index (Phi) is 3.90. The van der Waals surface area contributed by atoms with E-state index in [-0.39, 0.29) is 5.91 Å². The highest BCUT2D eigenvalue weighted by Crippen LogP contribution is 2.36. The maximum atomic E-state index is 13.1. The Balaban J connectivity index is 1.58. The van der Waals surface area contributed by atoms with E-state index in [1.54, 1.807) is 12.4 Å². The molecule has 0 bridgehead atoms. The number of thioether (sulfide) groups is 1. The second-order valence-corrected chi connectivity index (χ2v) is 7.35. The second-order valence-electron chi connectivity index (χ2n) is 6.36. The van der Waals surface area contributed by atoms with Gasteiger partial charge in [-0.2, -0.15) is 16.9 Å². The number of carbonyl (C=O) groups excluding carboxylic acids is 1. The topological polar surface area (TPSA) is 59.8 Å². The number of pyridine rings is 1. The molecule has 4 aromatic rings. The van der Waals surface area contributed by atoms with Crippen LogP contribution in [0.2, 0.25) is 0 Å². The van der Waals surface area contributed by atoms with Gasteiger partial charge in [0.1, 0.15) is 5.82 Å². The zero-order valence-corrected chi connectivity index (χ0v) is 15.2.